The zero-order chi connectivity index (χ0) is 61.9. The molecule has 504 valence electrons. The lowest BCUT2D eigenvalue weighted by molar-refractivity contribution is -0.870. The zero-order valence-corrected chi connectivity index (χ0v) is 58.5. The van der Waals surface area contributed by atoms with Gasteiger partial charge in [0.2, 0.25) is 0 Å². The minimum Gasteiger partial charge on any atom is -0.756 e. The van der Waals surface area contributed by atoms with Crippen molar-refractivity contribution in [3.8, 4) is 0 Å². The largest absolute Gasteiger partial charge is 0.756 e. The Bertz CT molecular complexity index is 1480. The van der Waals surface area contributed by atoms with Gasteiger partial charge in [-0.05, 0) is 44.9 Å². The molecule has 0 spiro atoms. The molecule has 9 nitrogen and oxygen atoms in total. The summed E-state index contributed by atoms with van der Waals surface area (Å²) in [6.07, 6.45) is 84.4. The molecule has 0 bridgehead atoms. The predicted octanol–water partition coefficient (Wildman–Crippen LogP) is 23.8. The number of quaternary nitrogens is 1. The molecule has 0 N–H and O–H groups in total. The molecule has 0 aromatic carbocycles. The molecule has 0 saturated heterocycles. The summed E-state index contributed by atoms with van der Waals surface area (Å²) in [5.74, 6) is -0.806. The Kier molecular flexibility index (Phi) is 65.7. The van der Waals surface area contributed by atoms with Crippen LogP contribution in [0.5, 0.6) is 0 Å². The quantitative estimate of drug-likeness (QED) is 0.0195. The Labute approximate surface area is 529 Å². The highest BCUT2D eigenvalue weighted by Crippen LogP contribution is 2.38. The van der Waals surface area contributed by atoms with E-state index < -0.39 is 26.5 Å². The second kappa shape index (κ2) is 66.9. The fourth-order valence-electron chi connectivity index (χ4n) is 11.5. The third-order valence-electron chi connectivity index (χ3n) is 17.2. The van der Waals surface area contributed by atoms with Crippen LogP contribution in [0.2, 0.25) is 0 Å². The van der Waals surface area contributed by atoms with E-state index in [1.54, 1.807) is 0 Å². The van der Waals surface area contributed by atoms with Crippen molar-refractivity contribution in [1.29, 1.82) is 0 Å². The molecule has 0 amide bonds. The smallest absolute Gasteiger partial charge is 0.306 e. The van der Waals surface area contributed by atoms with Gasteiger partial charge in [-0.1, -0.05) is 359 Å². The number of hydrogen-bond donors (Lipinski definition) is 0. The normalized spacial score (nSPS) is 13.2. The molecule has 85 heavy (non-hydrogen) atoms. The number of nitrogens with zero attached hydrogens (tertiary/aromatic N) is 1. The van der Waals surface area contributed by atoms with Crippen LogP contribution in [-0.2, 0) is 32.7 Å². The van der Waals surface area contributed by atoms with Gasteiger partial charge in [-0.25, -0.2) is 0 Å². The van der Waals surface area contributed by atoms with Gasteiger partial charge in [-0.3, -0.25) is 14.2 Å². The van der Waals surface area contributed by atoms with Crippen molar-refractivity contribution in [2.24, 2.45) is 0 Å². The molecule has 0 saturated carbocycles. The Morgan fingerprint density at radius 1 is 0.365 bits per heavy atom. The van der Waals surface area contributed by atoms with Crippen molar-refractivity contribution in [2.75, 3.05) is 47.5 Å². The lowest BCUT2D eigenvalue weighted by atomic mass is 10.0. The predicted molar refractivity (Wildman–Crippen MR) is 365 cm³/mol. The van der Waals surface area contributed by atoms with Gasteiger partial charge >= 0.3 is 11.9 Å². The number of rotatable bonds is 71. The number of ether oxygens (including phenoxy) is 2. The van der Waals surface area contributed by atoms with E-state index in [4.69, 9.17) is 18.5 Å². The van der Waals surface area contributed by atoms with E-state index in [1.165, 1.54) is 321 Å². The van der Waals surface area contributed by atoms with Crippen LogP contribution in [0.3, 0.4) is 0 Å². The van der Waals surface area contributed by atoms with Crippen LogP contribution < -0.4 is 4.89 Å². The maximum absolute atomic E-state index is 12.9. The van der Waals surface area contributed by atoms with E-state index in [9.17, 15) is 19.0 Å². The van der Waals surface area contributed by atoms with Crippen molar-refractivity contribution in [3.63, 3.8) is 0 Å². The Morgan fingerprint density at radius 3 is 0.929 bits per heavy atom. The molecule has 0 aromatic rings. The van der Waals surface area contributed by atoms with Gasteiger partial charge in [0.25, 0.3) is 7.82 Å². The zero-order valence-electron chi connectivity index (χ0n) is 57.6. The summed E-state index contributed by atoms with van der Waals surface area (Å²) in [7, 11) is 1.19. The number of phosphoric acid groups is 1. The standard InChI is InChI=1S/C75H146NO8P/c1-6-8-10-12-14-16-18-20-22-24-26-28-29-30-31-32-33-34-35-36-37-38-39-40-41-42-43-44-45-46-47-48-50-52-54-56-58-60-62-64-66-68-75(78)84-73(72-83-85(79,80)82-70-69-76(3,4)5)71-81-74(77)67-65-63-61-59-57-55-53-51-49-27-25-23-21-19-17-15-13-11-9-7-2/h18,20,24,26,73H,6-17,19,21-23,25,27-72H2,1-5H3/b20-18-,26-24-. The summed E-state index contributed by atoms with van der Waals surface area (Å²) < 4.78 is 34.3. The first-order valence-corrected chi connectivity index (χ1v) is 39.0. The van der Waals surface area contributed by atoms with Crippen molar-refractivity contribution in [1.82, 2.24) is 0 Å². The van der Waals surface area contributed by atoms with E-state index in [1.807, 2.05) is 21.1 Å². The number of esters is 2. The fourth-order valence-corrected chi connectivity index (χ4v) is 12.2. The second-order valence-corrected chi connectivity index (χ2v) is 28.4. The van der Waals surface area contributed by atoms with Crippen molar-refractivity contribution >= 4 is 19.8 Å². The Hall–Kier alpha value is -1.51. The summed E-state index contributed by atoms with van der Waals surface area (Å²) in [6.45, 7) is 4.31. The average Bonchev–Trinajstić information content (AvgIpc) is 3.51. The maximum Gasteiger partial charge on any atom is 0.306 e. The summed E-state index contributed by atoms with van der Waals surface area (Å²) in [6, 6.07) is 0. The van der Waals surface area contributed by atoms with E-state index in [-0.39, 0.29) is 32.0 Å². The van der Waals surface area contributed by atoms with E-state index >= 15 is 0 Å². The number of carbonyl (C=O) groups is 2. The first kappa shape index (κ1) is 83.5. The molecular formula is C75H146NO8P. The topological polar surface area (TPSA) is 111 Å². The maximum atomic E-state index is 12.9. The first-order valence-electron chi connectivity index (χ1n) is 37.5. The summed E-state index contributed by atoms with van der Waals surface area (Å²) in [5, 5.41) is 0. The lowest BCUT2D eigenvalue weighted by Crippen LogP contribution is -2.37. The van der Waals surface area contributed by atoms with E-state index in [2.05, 4.69) is 38.2 Å². The van der Waals surface area contributed by atoms with Gasteiger partial charge in [0, 0.05) is 12.8 Å². The van der Waals surface area contributed by atoms with Gasteiger partial charge in [-0.2, -0.15) is 0 Å². The Morgan fingerprint density at radius 2 is 0.635 bits per heavy atom. The molecule has 0 aliphatic rings. The van der Waals surface area contributed by atoms with Crippen LogP contribution in [0, 0.1) is 0 Å². The first-order chi connectivity index (χ1) is 41.5. The molecule has 0 radical (unpaired) electrons. The number of allylic oxidation sites excluding steroid dienone is 4. The second-order valence-electron chi connectivity index (χ2n) is 27.0. The van der Waals surface area contributed by atoms with Crippen molar-refractivity contribution in [3.05, 3.63) is 24.3 Å². The molecule has 0 rings (SSSR count). The third-order valence-corrected chi connectivity index (χ3v) is 18.2. The number of phosphoric ester groups is 1. The highest BCUT2D eigenvalue weighted by atomic mass is 31.2. The number of hydrogen-bond acceptors (Lipinski definition) is 8. The number of unbranched alkanes of at least 4 members (excludes halogenated alkanes) is 53. The lowest BCUT2D eigenvalue weighted by Gasteiger charge is -2.28. The molecular weight excluding hydrogens is 1070 g/mol. The van der Waals surface area contributed by atoms with Gasteiger partial charge in [0.05, 0.1) is 27.7 Å². The van der Waals surface area contributed by atoms with Crippen LogP contribution in [0.15, 0.2) is 24.3 Å². The minimum atomic E-state index is -4.64. The SMILES string of the molecule is CCCCCCC/C=C\C/C=C\CCCCCCCCCCCCCCCCCCCCCCCCCCCCCCCC(=O)OC(COC(=O)CCCCCCCCCCCCCCCCCCCCCC)COP(=O)([O-])OCC[N+](C)(C)C. The van der Waals surface area contributed by atoms with E-state index in [0.29, 0.717) is 17.4 Å². The average molecular weight is 1220 g/mol. The minimum absolute atomic E-state index is 0.0259. The van der Waals surface area contributed by atoms with Crippen LogP contribution in [-0.4, -0.2) is 70.0 Å². The molecule has 10 heteroatoms. The van der Waals surface area contributed by atoms with Crippen LogP contribution >= 0.6 is 7.82 Å². The number of carbonyl (C=O) groups excluding carboxylic acids is 2. The fraction of sp³-hybridized carbons (Fsp3) is 0.920. The molecule has 0 aliphatic carbocycles. The number of likely N-dealkylation sites (N-methyl/N-ethyl adjacent to an activating group) is 1. The van der Waals surface area contributed by atoms with Gasteiger partial charge in [-0.15, -0.1) is 0 Å². The monoisotopic (exact) mass is 1220 g/mol. The van der Waals surface area contributed by atoms with Gasteiger partial charge in [0.15, 0.2) is 6.10 Å². The van der Waals surface area contributed by atoms with E-state index in [0.717, 1.165) is 38.5 Å². The molecule has 0 fully saturated rings. The van der Waals surface area contributed by atoms with Crippen LogP contribution in [0.25, 0.3) is 0 Å². The molecule has 2 atom stereocenters. The van der Waals surface area contributed by atoms with Gasteiger partial charge in [0.1, 0.15) is 19.8 Å². The molecule has 2 unspecified atom stereocenters. The van der Waals surface area contributed by atoms with Gasteiger partial charge < -0.3 is 27.9 Å². The van der Waals surface area contributed by atoms with Crippen molar-refractivity contribution in [2.45, 2.75) is 399 Å². The highest BCUT2D eigenvalue weighted by Gasteiger charge is 2.22. The molecule has 0 aromatic heterocycles. The summed E-state index contributed by atoms with van der Waals surface area (Å²) >= 11 is 0. The van der Waals surface area contributed by atoms with Crippen LogP contribution in [0.4, 0.5) is 0 Å². The summed E-state index contributed by atoms with van der Waals surface area (Å²) in [4.78, 5) is 38.0. The van der Waals surface area contributed by atoms with Crippen LogP contribution in [0.1, 0.15) is 393 Å². The molecule has 0 heterocycles. The molecule has 0 aliphatic heterocycles. The third kappa shape index (κ3) is 71.4. The Balaban J connectivity index is 3.85. The van der Waals surface area contributed by atoms with Crippen molar-refractivity contribution < 1.29 is 42.1 Å². The highest BCUT2D eigenvalue weighted by molar-refractivity contribution is 7.45. The summed E-state index contributed by atoms with van der Waals surface area (Å²) in [5.41, 5.74) is 0.